The normalized spacial score (nSPS) is 27.6. The Hall–Kier alpha value is -2.10. The minimum Gasteiger partial charge on any atom is -0.480 e. The first-order valence-corrected chi connectivity index (χ1v) is 12.8. The Bertz CT molecular complexity index is 1200. The number of halogens is 2. The van der Waals surface area contributed by atoms with Crippen LogP contribution in [-0.4, -0.2) is 34.4 Å². The van der Waals surface area contributed by atoms with Crippen LogP contribution in [0.5, 0.6) is 5.75 Å². The minimum atomic E-state index is -1.03. The van der Waals surface area contributed by atoms with E-state index in [1.807, 2.05) is 59.7 Å². The summed E-state index contributed by atoms with van der Waals surface area (Å²) in [5.74, 6) is -1.51. The van der Waals surface area contributed by atoms with E-state index in [2.05, 4.69) is 27.4 Å². The largest absolute Gasteiger partial charge is 0.480 e. The lowest BCUT2D eigenvalue weighted by Gasteiger charge is -2.41. The fourth-order valence-corrected chi connectivity index (χ4v) is 6.28. The van der Waals surface area contributed by atoms with Crippen LogP contribution in [0, 0.1) is 11.8 Å². The second-order valence-corrected chi connectivity index (χ2v) is 9.86. The SMILES string of the molecule is COC(=O)[C@H]1[C@@H](O)[C@@H]2CCc3ncc(Cl)cc3O[C@@]2(c2ccc([B]I)cc2)[C@@H]1c1ccccc1. The molecule has 3 aromatic rings. The van der Waals surface area contributed by atoms with Crippen molar-refractivity contribution in [3.8, 4) is 5.75 Å². The summed E-state index contributed by atoms with van der Waals surface area (Å²) in [6.07, 6.45) is 1.86. The number of hydrogen-bond acceptors (Lipinski definition) is 5. The van der Waals surface area contributed by atoms with E-state index in [1.165, 1.54) is 7.11 Å². The molecule has 1 radical (unpaired) electrons. The Morgan fingerprint density at radius 3 is 2.65 bits per heavy atom. The van der Waals surface area contributed by atoms with Gasteiger partial charge in [-0.1, -0.05) is 71.7 Å². The van der Waals surface area contributed by atoms with Crippen LogP contribution in [0.25, 0.3) is 0 Å². The Morgan fingerprint density at radius 2 is 1.97 bits per heavy atom. The number of fused-ring (bicyclic) bond motifs is 2. The topological polar surface area (TPSA) is 68.7 Å². The molecule has 5 nitrogen and oxygen atoms in total. The Labute approximate surface area is 218 Å². The van der Waals surface area contributed by atoms with Gasteiger partial charge in [-0.2, -0.15) is 22.4 Å². The summed E-state index contributed by atoms with van der Waals surface area (Å²) in [6, 6.07) is 19.7. The number of ether oxygens (including phenoxy) is 2. The molecule has 0 amide bonds. The fourth-order valence-electron chi connectivity index (χ4n) is 5.72. The van der Waals surface area contributed by atoms with Crippen molar-refractivity contribution in [1.29, 1.82) is 0 Å². The number of aliphatic hydroxyl groups is 1. The molecule has 5 atom stereocenters. The van der Waals surface area contributed by atoms with Crippen molar-refractivity contribution < 1.29 is 19.4 Å². The summed E-state index contributed by atoms with van der Waals surface area (Å²) in [5, 5.41) is 14.1. The molecular weight excluding hydrogens is 563 g/mol. The third-order valence-corrected chi connectivity index (χ3v) is 8.07. The maximum absolute atomic E-state index is 13.1. The molecular formula is C26H23BClINO4. The number of esters is 1. The van der Waals surface area contributed by atoms with Gasteiger partial charge in [0.15, 0.2) is 0 Å². The van der Waals surface area contributed by atoms with Crippen LogP contribution >= 0.6 is 34.0 Å². The summed E-state index contributed by atoms with van der Waals surface area (Å²) in [4.78, 5) is 17.6. The monoisotopic (exact) mass is 586 g/mol. The van der Waals surface area contributed by atoms with Gasteiger partial charge in [-0.3, -0.25) is 9.78 Å². The number of nitrogens with zero attached hydrogens (tertiary/aromatic N) is 1. The van der Waals surface area contributed by atoms with Crippen molar-refractivity contribution in [2.45, 2.75) is 30.5 Å². The number of carbonyl (C=O) groups is 1. The van der Waals surface area contributed by atoms with E-state index in [0.29, 0.717) is 23.6 Å². The molecule has 1 aromatic heterocycles. The lowest BCUT2D eigenvalue weighted by atomic mass is 9.72. The zero-order valence-electron chi connectivity index (χ0n) is 18.5. The molecule has 34 heavy (non-hydrogen) atoms. The third kappa shape index (κ3) is 3.82. The van der Waals surface area contributed by atoms with E-state index in [-0.39, 0.29) is 5.92 Å². The van der Waals surface area contributed by atoms with Crippen molar-refractivity contribution >= 4 is 50.5 Å². The molecule has 5 rings (SSSR count). The molecule has 0 spiro atoms. The van der Waals surface area contributed by atoms with E-state index in [9.17, 15) is 9.90 Å². The van der Waals surface area contributed by atoms with E-state index in [1.54, 1.807) is 12.3 Å². The molecule has 2 aromatic carbocycles. The van der Waals surface area contributed by atoms with Crippen molar-refractivity contribution in [2.24, 2.45) is 11.8 Å². The van der Waals surface area contributed by atoms with Crippen LogP contribution in [0.1, 0.15) is 29.2 Å². The van der Waals surface area contributed by atoms with Gasteiger partial charge in [-0.15, -0.1) is 0 Å². The predicted octanol–water partition coefficient (Wildman–Crippen LogP) is 4.20. The standard InChI is InChI=1S/C26H23BClINO4/c1-33-25(32)22-23(15-5-3-2-4-6-15)26(16-7-9-17(27-29)10-8-16)19(24(22)31)11-12-20-21(34-26)13-18(28)14-30-20/h2-10,13-14,19,22-24,31H,11-12H2,1H3/t19-,22+,23+,24-,26+/m0/s1. The lowest BCUT2D eigenvalue weighted by Crippen LogP contribution is -2.43. The van der Waals surface area contributed by atoms with E-state index >= 15 is 0 Å². The number of hydrogen-bond donors (Lipinski definition) is 1. The number of pyridine rings is 1. The average molecular weight is 587 g/mol. The first-order valence-electron chi connectivity index (χ1n) is 11.2. The number of aryl methyl sites for hydroxylation is 1. The van der Waals surface area contributed by atoms with Gasteiger partial charge in [0.05, 0.1) is 29.8 Å². The number of aromatic nitrogens is 1. The van der Waals surface area contributed by atoms with Gasteiger partial charge in [0.25, 0.3) is 0 Å². The summed E-state index contributed by atoms with van der Waals surface area (Å²) >= 11 is 8.53. The maximum Gasteiger partial charge on any atom is 0.312 e. The van der Waals surface area contributed by atoms with Crippen molar-refractivity contribution in [2.75, 3.05) is 7.11 Å². The van der Waals surface area contributed by atoms with E-state index in [4.69, 9.17) is 21.1 Å². The van der Waals surface area contributed by atoms with Gasteiger partial charge < -0.3 is 14.6 Å². The predicted molar refractivity (Wildman–Crippen MR) is 140 cm³/mol. The maximum atomic E-state index is 13.1. The van der Waals surface area contributed by atoms with Gasteiger partial charge in [0.2, 0.25) is 5.14 Å². The van der Waals surface area contributed by atoms with Crippen LogP contribution < -0.4 is 10.2 Å². The second kappa shape index (κ2) is 9.51. The van der Waals surface area contributed by atoms with Crippen molar-refractivity contribution in [1.82, 2.24) is 4.98 Å². The van der Waals surface area contributed by atoms with E-state index in [0.717, 1.165) is 22.3 Å². The molecule has 1 saturated carbocycles. The number of rotatable bonds is 4. The van der Waals surface area contributed by atoms with Crippen molar-refractivity contribution in [3.63, 3.8) is 0 Å². The zero-order chi connectivity index (χ0) is 23.9. The summed E-state index contributed by atoms with van der Waals surface area (Å²) < 4.78 is 12.2. The summed E-state index contributed by atoms with van der Waals surface area (Å²) in [5.41, 5.74) is 2.63. The molecule has 1 aliphatic heterocycles. The van der Waals surface area contributed by atoms with Gasteiger partial charge >= 0.3 is 5.97 Å². The molecule has 2 aliphatic rings. The smallest absolute Gasteiger partial charge is 0.312 e. The van der Waals surface area contributed by atoms with Gasteiger partial charge in [-0.25, -0.2) is 0 Å². The molecule has 0 unspecified atom stereocenters. The Morgan fingerprint density at radius 1 is 1.24 bits per heavy atom. The first-order chi connectivity index (χ1) is 16.5. The second-order valence-electron chi connectivity index (χ2n) is 8.80. The Balaban J connectivity index is 1.80. The molecule has 0 bridgehead atoms. The quantitative estimate of drug-likeness (QED) is 0.282. The molecule has 1 aliphatic carbocycles. The molecule has 173 valence electrons. The van der Waals surface area contributed by atoms with Crippen molar-refractivity contribution in [3.05, 3.63) is 88.7 Å². The molecule has 8 heteroatoms. The molecule has 1 fully saturated rings. The third-order valence-electron chi connectivity index (χ3n) is 7.14. The first kappa shape index (κ1) is 23.6. The summed E-state index contributed by atoms with van der Waals surface area (Å²) in [7, 11) is 1.36. The molecule has 2 heterocycles. The lowest BCUT2D eigenvalue weighted by molar-refractivity contribution is -0.149. The highest BCUT2D eigenvalue weighted by Gasteiger charge is 2.66. The highest BCUT2D eigenvalue weighted by atomic mass is 127. The van der Waals surface area contributed by atoms with Gasteiger partial charge in [0.1, 0.15) is 11.4 Å². The van der Waals surface area contributed by atoms with Gasteiger partial charge in [-0.05, 0) is 24.0 Å². The highest BCUT2D eigenvalue weighted by Crippen LogP contribution is 2.60. The van der Waals surface area contributed by atoms with Crippen LogP contribution in [0.15, 0.2) is 66.9 Å². The van der Waals surface area contributed by atoms with Crippen LogP contribution in [-0.2, 0) is 21.6 Å². The molecule has 0 saturated heterocycles. The van der Waals surface area contributed by atoms with Crippen LogP contribution in [0.2, 0.25) is 5.02 Å². The average Bonchev–Trinajstić information content (AvgIpc) is 2.99. The Kier molecular flexibility index (Phi) is 6.61. The fraction of sp³-hybridized carbons (Fsp3) is 0.308. The highest BCUT2D eigenvalue weighted by molar-refractivity contribution is 14.1. The van der Waals surface area contributed by atoms with E-state index < -0.39 is 29.5 Å². The van der Waals surface area contributed by atoms with Crippen LogP contribution in [0.4, 0.5) is 0 Å². The van der Waals surface area contributed by atoms with Gasteiger partial charge in [0, 0.05) is 24.1 Å². The number of benzene rings is 2. The summed E-state index contributed by atoms with van der Waals surface area (Å²) in [6.45, 7) is 0. The number of methoxy groups -OCH3 is 1. The van der Waals surface area contributed by atoms with Crippen LogP contribution in [0.3, 0.4) is 0 Å². The minimum absolute atomic E-state index is 0.371. The molecule has 1 N–H and O–H groups in total. The number of aliphatic hydroxyl groups excluding tert-OH is 1. The zero-order valence-corrected chi connectivity index (χ0v) is 21.4. The number of carbonyl (C=O) groups excluding carboxylic acids is 1.